The molecule has 1 aliphatic carbocycles. The van der Waals surface area contributed by atoms with Gasteiger partial charge in [0.05, 0.1) is 12.1 Å². The number of nitrogens with two attached hydrogens (primary N) is 1. The van der Waals surface area contributed by atoms with Crippen molar-refractivity contribution >= 4 is 5.84 Å². The van der Waals surface area contributed by atoms with E-state index in [1.807, 2.05) is 5.01 Å². The van der Waals surface area contributed by atoms with Gasteiger partial charge in [-0.15, -0.1) is 0 Å². The van der Waals surface area contributed by atoms with Gasteiger partial charge in [-0.2, -0.15) is 5.43 Å². The predicted molar refractivity (Wildman–Crippen MR) is 99.8 cm³/mol. The first-order valence-corrected chi connectivity index (χ1v) is 9.33. The second kappa shape index (κ2) is 5.82. The highest BCUT2D eigenvalue weighted by Crippen LogP contribution is 2.43. The van der Waals surface area contributed by atoms with Gasteiger partial charge in [-0.25, -0.2) is 9.98 Å². The third-order valence-electron chi connectivity index (χ3n) is 5.17. The SMILES string of the molecule is CC(C)N1NC(N)N=C1c1cn2c(n1)-c1ccc(C3CC3)cc1OCC2. The highest BCUT2D eigenvalue weighted by atomic mass is 16.5. The fourth-order valence-corrected chi connectivity index (χ4v) is 3.69. The van der Waals surface area contributed by atoms with Gasteiger partial charge < -0.3 is 9.30 Å². The number of aromatic nitrogens is 2. The van der Waals surface area contributed by atoms with Gasteiger partial charge in [-0.3, -0.25) is 10.7 Å². The maximum absolute atomic E-state index is 6.02. The van der Waals surface area contributed by atoms with Gasteiger partial charge in [0.15, 0.2) is 12.1 Å². The molecule has 26 heavy (non-hydrogen) atoms. The molecule has 0 saturated heterocycles. The zero-order chi connectivity index (χ0) is 17.8. The maximum Gasteiger partial charge on any atom is 0.170 e. The Labute approximate surface area is 152 Å². The minimum absolute atomic E-state index is 0.237. The van der Waals surface area contributed by atoms with Crippen LogP contribution in [0.5, 0.6) is 5.75 Å². The molecule has 136 valence electrons. The highest BCUT2D eigenvalue weighted by Gasteiger charge is 2.30. The first-order chi connectivity index (χ1) is 12.6. The van der Waals surface area contributed by atoms with Crippen LogP contribution in [0.1, 0.15) is 43.9 Å². The summed E-state index contributed by atoms with van der Waals surface area (Å²) >= 11 is 0. The molecule has 2 aliphatic heterocycles. The van der Waals surface area contributed by atoms with E-state index in [-0.39, 0.29) is 6.04 Å². The maximum atomic E-state index is 6.02. The molecule has 0 bridgehead atoms. The molecule has 7 heteroatoms. The van der Waals surface area contributed by atoms with Crippen molar-refractivity contribution in [1.29, 1.82) is 0 Å². The summed E-state index contributed by atoms with van der Waals surface area (Å²) in [5.41, 5.74) is 12.4. The molecule has 1 aromatic heterocycles. The number of aliphatic imine (C=N–C) groups is 1. The number of hydrazine groups is 1. The normalized spacial score (nSPS) is 21.9. The van der Waals surface area contributed by atoms with E-state index in [9.17, 15) is 0 Å². The minimum Gasteiger partial charge on any atom is -0.491 e. The number of imidazole rings is 1. The zero-order valence-corrected chi connectivity index (χ0v) is 15.1. The summed E-state index contributed by atoms with van der Waals surface area (Å²) in [4.78, 5) is 9.44. The first kappa shape index (κ1) is 15.8. The Balaban J connectivity index is 1.56. The van der Waals surface area contributed by atoms with Crippen molar-refractivity contribution in [3.8, 4) is 17.1 Å². The number of fused-ring (bicyclic) bond motifs is 3. The van der Waals surface area contributed by atoms with E-state index in [1.165, 1.54) is 18.4 Å². The van der Waals surface area contributed by atoms with Crippen molar-refractivity contribution in [2.24, 2.45) is 10.7 Å². The fraction of sp³-hybridized carbons (Fsp3) is 0.474. The van der Waals surface area contributed by atoms with E-state index in [0.717, 1.165) is 35.2 Å². The molecule has 2 aromatic rings. The predicted octanol–water partition coefficient (Wildman–Crippen LogP) is 2.04. The molecule has 1 atom stereocenters. The van der Waals surface area contributed by atoms with Crippen LogP contribution in [0, 0.1) is 0 Å². The van der Waals surface area contributed by atoms with Crippen molar-refractivity contribution in [2.75, 3.05) is 6.61 Å². The molecule has 5 rings (SSSR count). The van der Waals surface area contributed by atoms with Crippen molar-refractivity contribution in [2.45, 2.75) is 51.5 Å². The van der Waals surface area contributed by atoms with Crippen molar-refractivity contribution in [1.82, 2.24) is 20.0 Å². The zero-order valence-electron chi connectivity index (χ0n) is 15.1. The van der Waals surface area contributed by atoms with E-state index < -0.39 is 6.29 Å². The van der Waals surface area contributed by atoms with E-state index in [2.05, 4.69) is 53.2 Å². The number of benzene rings is 1. The van der Waals surface area contributed by atoms with Gasteiger partial charge >= 0.3 is 0 Å². The summed E-state index contributed by atoms with van der Waals surface area (Å²) in [7, 11) is 0. The lowest BCUT2D eigenvalue weighted by molar-refractivity contribution is 0.251. The lowest BCUT2D eigenvalue weighted by Crippen LogP contribution is -2.47. The van der Waals surface area contributed by atoms with Crippen LogP contribution < -0.4 is 15.9 Å². The highest BCUT2D eigenvalue weighted by molar-refractivity contribution is 5.98. The Hall–Kier alpha value is -2.38. The Bertz CT molecular complexity index is 882. The molecule has 3 aliphatic rings. The van der Waals surface area contributed by atoms with Crippen molar-refractivity contribution < 1.29 is 4.74 Å². The van der Waals surface area contributed by atoms with E-state index in [0.29, 0.717) is 12.5 Å². The third-order valence-corrected chi connectivity index (χ3v) is 5.17. The smallest absolute Gasteiger partial charge is 0.170 e. The van der Waals surface area contributed by atoms with Crippen LogP contribution in [0.25, 0.3) is 11.4 Å². The Morgan fingerprint density at radius 1 is 1.31 bits per heavy atom. The summed E-state index contributed by atoms with van der Waals surface area (Å²) < 4.78 is 8.17. The molecule has 1 fully saturated rings. The summed E-state index contributed by atoms with van der Waals surface area (Å²) in [5, 5.41) is 1.99. The van der Waals surface area contributed by atoms with Crippen LogP contribution in [0.4, 0.5) is 0 Å². The molecular weight excluding hydrogens is 328 g/mol. The molecule has 1 aromatic carbocycles. The van der Waals surface area contributed by atoms with Gasteiger partial charge in [-0.1, -0.05) is 6.07 Å². The van der Waals surface area contributed by atoms with Gasteiger partial charge in [0.2, 0.25) is 0 Å². The average molecular weight is 352 g/mol. The lowest BCUT2D eigenvalue weighted by Gasteiger charge is -2.24. The van der Waals surface area contributed by atoms with E-state index in [4.69, 9.17) is 15.5 Å². The number of amidine groups is 1. The van der Waals surface area contributed by atoms with Crippen LogP contribution in [-0.2, 0) is 6.54 Å². The van der Waals surface area contributed by atoms with Crippen molar-refractivity contribution in [3.63, 3.8) is 0 Å². The van der Waals surface area contributed by atoms with Crippen molar-refractivity contribution in [3.05, 3.63) is 35.7 Å². The number of nitrogens with one attached hydrogen (secondary N) is 1. The van der Waals surface area contributed by atoms with Gasteiger partial charge in [-0.05, 0) is 50.3 Å². The first-order valence-electron chi connectivity index (χ1n) is 9.33. The summed E-state index contributed by atoms with van der Waals surface area (Å²) in [6.45, 7) is 5.61. The van der Waals surface area contributed by atoms with Crippen LogP contribution in [0.2, 0.25) is 0 Å². The average Bonchev–Trinajstić information content (AvgIpc) is 3.31. The summed E-state index contributed by atoms with van der Waals surface area (Å²) in [6.07, 6.45) is 4.20. The number of nitrogens with zero attached hydrogens (tertiary/aromatic N) is 4. The standard InChI is InChI=1S/C19H24N6O/c1-11(2)25-18(22-19(20)23-25)15-10-24-7-8-26-16-9-13(12-3-4-12)5-6-14(16)17(24)21-15/h5-6,9-12,19,23H,3-4,7-8,20H2,1-2H3. The summed E-state index contributed by atoms with van der Waals surface area (Å²) in [6, 6.07) is 6.80. The van der Waals surface area contributed by atoms with Gasteiger partial charge in [0.25, 0.3) is 0 Å². The van der Waals surface area contributed by atoms with Crippen LogP contribution >= 0.6 is 0 Å². The molecule has 0 amide bonds. The Morgan fingerprint density at radius 2 is 2.15 bits per heavy atom. The quantitative estimate of drug-likeness (QED) is 0.883. The third kappa shape index (κ3) is 2.59. The van der Waals surface area contributed by atoms with E-state index in [1.54, 1.807) is 0 Å². The number of rotatable bonds is 3. The topological polar surface area (TPSA) is 80.7 Å². The largest absolute Gasteiger partial charge is 0.491 e. The Kier molecular flexibility index (Phi) is 3.55. The fourth-order valence-electron chi connectivity index (χ4n) is 3.69. The van der Waals surface area contributed by atoms with Gasteiger partial charge in [0.1, 0.15) is 23.9 Å². The number of ether oxygens (including phenoxy) is 1. The molecule has 1 unspecified atom stereocenters. The molecular formula is C19H24N6O. The lowest BCUT2D eigenvalue weighted by atomic mass is 10.1. The van der Waals surface area contributed by atoms with Gasteiger partial charge in [0, 0.05) is 12.2 Å². The second-order valence-electron chi connectivity index (χ2n) is 7.51. The molecule has 3 N–H and O–H groups in total. The number of hydrogen-bond acceptors (Lipinski definition) is 6. The molecule has 0 radical (unpaired) electrons. The Morgan fingerprint density at radius 3 is 2.92 bits per heavy atom. The molecule has 3 heterocycles. The molecule has 7 nitrogen and oxygen atoms in total. The van der Waals surface area contributed by atoms with E-state index >= 15 is 0 Å². The molecule has 1 saturated carbocycles. The van der Waals surface area contributed by atoms with Crippen LogP contribution in [-0.4, -0.2) is 39.3 Å². The monoisotopic (exact) mass is 352 g/mol. The summed E-state index contributed by atoms with van der Waals surface area (Å²) in [5.74, 6) is 3.38. The number of hydrogen-bond donors (Lipinski definition) is 2. The van der Waals surface area contributed by atoms with Crippen LogP contribution in [0.15, 0.2) is 29.4 Å². The molecule has 0 spiro atoms. The second-order valence-corrected chi connectivity index (χ2v) is 7.51. The van der Waals surface area contributed by atoms with Crippen LogP contribution in [0.3, 0.4) is 0 Å². The minimum atomic E-state index is -0.425.